The first-order valence-electron chi connectivity index (χ1n) is 12.9. The molecule has 0 atom stereocenters. The number of aryl methyl sites for hydroxylation is 2. The molecule has 3 aromatic rings. The predicted molar refractivity (Wildman–Crippen MR) is 149 cm³/mol. The van der Waals surface area contributed by atoms with Gasteiger partial charge >= 0.3 is 0 Å². The van der Waals surface area contributed by atoms with E-state index in [4.69, 9.17) is 51.7 Å². The summed E-state index contributed by atoms with van der Waals surface area (Å²) in [5, 5.41) is 89.9. The van der Waals surface area contributed by atoms with Crippen molar-refractivity contribution in [2.45, 2.75) is 83.6 Å². The first-order valence-corrected chi connectivity index (χ1v) is 13.8. The maximum absolute atomic E-state index is 9.38. The topological polar surface area (TPSA) is 271 Å². The summed E-state index contributed by atoms with van der Waals surface area (Å²) >= 11 is 1.65. The number of halogens is 1. The van der Waals surface area contributed by atoms with Gasteiger partial charge in [-0.1, -0.05) is 11.3 Å². The van der Waals surface area contributed by atoms with E-state index in [9.17, 15) is 5.11 Å². The summed E-state index contributed by atoms with van der Waals surface area (Å²) in [6, 6.07) is 0. The van der Waals surface area contributed by atoms with Gasteiger partial charge in [-0.05, 0) is 13.8 Å². The largest absolute Gasteiger partial charge is 1.00 e. The molecule has 43 heavy (non-hydrogen) atoms. The van der Waals surface area contributed by atoms with E-state index in [0.29, 0.717) is 41.4 Å². The molecule has 1 saturated carbocycles. The van der Waals surface area contributed by atoms with Crippen LogP contribution in [-0.4, -0.2) is 109 Å². The SMILES string of the molecule is Cc1ncc(CO)c(CO)c1O.Cc1ncc(C[n+]2csc(CCO)c2C)c(N)n1.O[C@H]1[C@H](O)[C@@H](O)[C@H](O)[C@@H](O)[C@H]1O.[Cl-]. The number of nitrogen functional groups attached to an aromatic ring is 1. The van der Waals surface area contributed by atoms with Crippen molar-refractivity contribution in [3.05, 3.63) is 56.7 Å². The number of hydrogen-bond acceptors (Lipinski definition) is 15. The maximum Gasteiger partial charge on any atom is 0.225 e. The molecule has 4 rings (SSSR count). The van der Waals surface area contributed by atoms with Crippen LogP contribution in [0.15, 0.2) is 17.9 Å². The molecule has 12 N–H and O–H groups in total. The number of thiazole rings is 1. The fourth-order valence-electron chi connectivity index (χ4n) is 3.98. The molecule has 1 aliphatic carbocycles. The molecular weight excluding hydrogens is 610 g/mol. The average Bonchev–Trinajstić information content (AvgIpc) is 3.31. The highest BCUT2D eigenvalue weighted by molar-refractivity contribution is 7.09. The molecule has 0 bridgehead atoms. The predicted octanol–water partition coefficient (Wildman–Crippen LogP) is -6.14. The van der Waals surface area contributed by atoms with E-state index in [2.05, 4.69) is 19.5 Å². The summed E-state index contributed by atoms with van der Waals surface area (Å²) in [6.07, 6.45) is -5.93. The third-order valence-electron chi connectivity index (χ3n) is 6.71. The first-order chi connectivity index (χ1) is 19.8. The monoisotopic (exact) mass is 649 g/mol. The number of aromatic hydroxyl groups is 1. The van der Waals surface area contributed by atoms with Gasteiger partial charge in [0.15, 0.2) is 12.2 Å². The molecule has 0 spiro atoms. The van der Waals surface area contributed by atoms with Crippen LogP contribution in [0.2, 0.25) is 0 Å². The van der Waals surface area contributed by atoms with Crippen molar-refractivity contribution in [2.75, 3.05) is 12.3 Å². The molecule has 0 saturated heterocycles. The van der Waals surface area contributed by atoms with Gasteiger partial charge in [0, 0.05) is 43.5 Å². The lowest BCUT2D eigenvalue weighted by Gasteiger charge is -2.39. The molecule has 0 radical (unpaired) electrons. The highest BCUT2D eigenvalue weighted by Gasteiger charge is 2.47. The first kappa shape index (κ1) is 38.4. The fourth-order valence-corrected chi connectivity index (χ4v) is 4.96. The minimum Gasteiger partial charge on any atom is -1.00 e. The van der Waals surface area contributed by atoms with E-state index in [1.807, 2.05) is 19.4 Å². The Balaban J connectivity index is 0.000000330. The number of aliphatic hydroxyl groups excluding tert-OH is 9. The van der Waals surface area contributed by atoms with Crippen LogP contribution in [-0.2, 0) is 26.2 Å². The van der Waals surface area contributed by atoms with Crippen molar-refractivity contribution in [1.29, 1.82) is 0 Å². The molecule has 0 aliphatic heterocycles. The number of nitrogens with zero attached hydrogens (tertiary/aromatic N) is 4. The Morgan fingerprint density at radius 2 is 1.33 bits per heavy atom. The van der Waals surface area contributed by atoms with E-state index in [1.54, 1.807) is 24.5 Å². The van der Waals surface area contributed by atoms with E-state index in [0.717, 1.165) is 11.3 Å². The molecule has 3 heterocycles. The van der Waals surface area contributed by atoms with Gasteiger partial charge in [0.25, 0.3) is 0 Å². The molecule has 3 aromatic heterocycles. The lowest BCUT2D eigenvalue weighted by Crippen LogP contribution is -3.00. The van der Waals surface area contributed by atoms with Crippen molar-refractivity contribution >= 4 is 17.2 Å². The van der Waals surface area contributed by atoms with Gasteiger partial charge in [-0.3, -0.25) is 4.98 Å². The Morgan fingerprint density at radius 3 is 1.77 bits per heavy atom. The number of rotatable bonds is 6. The second-order valence-electron chi connectivity index (χ2n) is 9.62. The van der Waals surface area contributed by atoms with E-state index < -0.39 is 36.6 Å². The number of aliphatic hydroxyl groups is 9. The summed E-state index contributed by atoms with van der Waals surface area (Å²) in [6.45, 7) is 5.84. The molecule has 0 amide bonds. The normalized spacial score (nSPS) is 22.9. The van der Waals surface area contributed by atoms with Crippen LogP contribution < -0.4 is 22.7 Å². The Kier molecular flexibility index (Phi) is 15.7. The van der Waals surface area contributed by atoms with E-state index >= 15 is 0 Å². The number of hydrogen-bond donors (Lipinski definition) is 11. The van der Waals surface area contributed by atoms with Crippen LogP contribution in [0.4, 0.5) is 5.82 Å². The number of aromatic nitrogens is 4. The van der Waals surface area contributed by atoms with Crippen LogP contribution in [0, 0.1) is 20.8 Å². The van der Waals surface area contributed by atoms with Gasteiger partial charge in [-0.2, -0.15) is 4.57 Å². The van der Waals surface area contributed by atoms with E-state index in [-0.39, 0.29) is 38.0 Å². The third-order valence-corrected chi connectivity index (χ3v) is 7.86. The zero-order valence-electron chi connectivity index (χ0n) is 23.9. The summed E-state index contributed by atoms with van der Waals surface area (Å²) in [5.41, 5.74) is 11.3. The second-order valence-corrected chi connectivity index (χ2v) is 10.6. The Morgan fingerprint density at radius 1 is 0.814 bits per heavy atom. The van der Waals surface area contributed by atoms with Gasteiger partial charge in [0.2, 0.25) is 5.51 Å². The molecule has 1 aliphatic rings. The summed E-state index contributed by atoms with van der Waals surface area (Å²) in [7, 11) is 0. The molecule has 1 fully saturated rings. The van der Waals surface area contributed by atoms with Gasteiger partial charge in [-0.15, -0.1) is 0 Å². The number of nitrogens with two attached hydrogens (primary N) is 1. The Bertz CT molecular complexity index is 1240. The van der Waals surface area contributed by atoms with Gasteiger partial charge in [-0.25, -0.2) is 9.97 Å². The van der Waals surface area contributed by atoms with Crippen molar-refractivity contribution in [3.8, 4) is 5.75 Å². The molecule has 15 nitrogen and oxygen atoms in total. The molecule has 0 unspecified atom stereocenters. The zero-order chi connectivity index (χ0) is 31.7. The van der Waals surface area contributed by atoms with Crippen molar-refractivity contribution < 1.29 is 68.0 Å². The minimum absolute atomic E-state index is 0. The molecule has 242 valence electrons. The van der Waals surface area contributed by atoms with Crippen LogP contribution in [0.25, 0.3) is 0 Å². The van der Waals surface area contributed by atoms with Gasteiger partial charge in [0.1, 0.15) is 54.0 Å². The van der Waals surface area contributed by atoms with Crippen LogP contribution in [0.1, 0.15) is 38.8 Å². The second kappa shape index (κ2) is 17.6. The van der Waals surface area contributed by atoms with Crippen molar-refractivity contribution in [2.24, 2.45) is 0 Å². The average molecular weight is 650 g/mol. The minimum atomic E-state index is -1.64. The highest BCUT2D eigenvalue weighted by atomic mass is 35.5. The summed E-state index contributed by atoms with van der Waals surface area (Å²) in [5.74, 6) is 1.18. The zero-order valence-corrected chi connectivity index (χ0v) is 25.4. The van der Waals surface area contributed by atoms with Gasteiger partial charge in [0.05, 0.1) is 29.3 Å². The number of pyridine rings is 1. The standard InChI is InChI=1S/C12H17N4OS.C8H11NO3.C6H12O6.ClH/c1-8-11(3-4-17)18-7-16(8)6-10-5-14-9(2)15-12(10)13;1-5-8(12)7(4-11)6(3-10)2-9-5;7-1-2(8)4(10)6(12)5(11)3(1)9;/h5,7,17H,3-4,6H2,1-2H3,(H2,13,14,15);2,10-12H,3-4H2,1H3;1-12H;1H/q+1;;;/p-1/t;;1-,2-,3-,4+,5-,6-;. The highest BCUT2D eigenvalue weighted by Crippen LogP contribution is 2.23. The Labute approximate surface area is 258 Å². The fraction of sp³-hybridized carbons (Fsp3) is 0.538. The quantitative estimate of drug-likeness (QED) is 0.111. The molecular formula is C26H40ClN5O10S. The lowest BCUT2D eigenvalue weighted by atomic mass is 9.85. The third kappa shape index (κ3) is 9.69. The van der Waals surface area contributed by atoms with E-state index in [1.165, 1.54) is 11.1 Å². The summed E-state index contributed by atoms with van der Waals surface area (Å²) in [4.78, 5) is 13.4. The number of anilines is 1. The smallest absolute Gasteiger partial charge is 0.225 e. The van der Waals surface area contributed by atoms with Crippen LogP contribution >= 0.6 is 11.3 Å². The van der Waals surface area contributed by atoms with Crippen LogP contribution in [0.3, 0.4) is 0 Å². The Hall–Kier alpha value is -2.61. The van der Waals surface area contributed by atoms with Crippen molar-refractivity contribution in [3.63, 3.8) is 0 Å². The van der Waals surface area contributed by atoms with Crippen molar-refractivity contribution in [1.82, 2.24) is 15.0 Å². The summed E-state index contributed by atoms with van der Waals surface area (Å²) < 4.78 is 2.11. The molecule has 0 aromatic carbocycles. The maximum atomic E-state index is 9.38. The molecule has 17 heteroatoms. The van der Waals surface area contributed by atoms with Crippen LogP contribution in [0.5, 0.6) is 5.75 Å². The lowest BCUT2D eigenvalue weighted by molar-refractivity contribution is -0.689. The van der Waals surface area contributed by atoms with Gasteiger partial charge < -0.3 is 69.2 Å².